The highest BCUT2D eigenvalue weighted by atomic mass is 35.5. The van der Waals surface area contributed by atoms with Crippen molar-refractivity contribution in [1.29, 1.82) is 0 Å². The van der Waals surface area contributed by atoms with Crippen molar-refractivity contribution >= 4 is 29.0 Å². The summed E-state index contributed by atoms with van der Waals surface area (Å²) in [5, 5.41) is 11.7. The molecule has 0 bridgehead atoms. The monoisotopic (exact) mass is 357 g/mol. The Morgan fingerprint density at radius 1 is 1.20 bits per heavy atom. The summed E-state index contributed by atoms with van der Waals surface area (Å²) >= 11 is 5.85. The summed E-state index contributed by atoms with van der Waals surface area (Å²) in [4.78, 5) is 27.1. The van der Waals surface area contributed by atoms with Gasteiger partial charge in [-0.15, -0.1) is 0 Å². The second kappa shape index (κ2) is 6.62. The molecular formula is C20H20ClNO3. The highest BCUT2D eigenvalue weighted by Gasteiger charge is 2.50. The maximum atomic E-state index is 12.9. The number of nitrogens with zero attached hydrogens (tertiary/aromatic N) is 1. The molecule has 4 nitrogen and oxygen atoms in total. The summed E-state index contributed by atoms with van der Waals surface area (Å²) in [5.41, 5.74) is 0.723. The molecule has 2 aromatic carbocycles. The molecule has 1 heterocycles. The number of fused-ring (bicyclic) bond motifs is 1. The molecule has 0 radical (unpaired) electrons. The minimum Gasteiger partial charge on any atom is -0.375 e. The predicted octanol–water partition coefficient (Wildman–Crippen LogP) is 3.87. The van der Waals surface area contributed by atoms with Crippen LogP contribution in [0.25, 0.3) is 0 Å². The average Bonchev–Trinajstić information content (AvgIpc) is 2.77. The number of hydrogen-bond donors (Lipinski definition) is 1. The van der Waals surface area contributed by atoms with Crippen molar-refractivity contribution in [2.75, 3.05) is 11.4 Å². The van der Waals surface area contributed by atoms with E-state index >= 15 is 0 Å². The number of aliphatic hydroxyl groups is 1. The third-order valence-electron chi connectivity index (χ3n) is 4.52. The number of carbonyl (C=O) groups excluding carboxylic acids is 2. The van der Waals surface area contributed by atoms with Crippen LogP contribution in [0, 0.1) is 6.92 Å². The normalized spacial score (nSPS) is 19.2. The first-order valence-corrected chi connectivity index (χ1v) is 8.69. The maximum absolute atomic E-state index is 12.9. The molecule has 0 aromatic heterocycles. The van der Waals surface area contributed by atoms with Crippen LogP contribution < -0.4 is 4.90 Å². The lowest BCUT2D eigenvalue weighted by atomic mass is 9.87. The van der Waals surface area contributed by atoms with Gasteiger partial charge < -0.3 is 10.0 Å². The first-order chi connectivity index (χ1) is 11.9. The fraction of sp³-hybridized carbons (Fsp3) is 0.300. The molecule has 1 N–H and O–H groups in total. The van der Waals surface area contributed by atoms with Crippen LogP contribution in [0.1, 0.15) is 41.3 Å². The van der Waals surface area contributed by atoms with Crippen LogP contribution in [-0.2, 0) is 10.4 Å². The quantitative estimate of drug-likeness (QED) is 0.826. The van der Waals surface area contributed by atoms with Gasteiger partial charge in [-0.1, -0.05) is 36.2 Å². The van der Waals surface area contributed by atoms with E-state index in [-0.39, 0.29) is 12.2 Å². The third kappa shape index (κ3) is 3.08. The van der Waals surface area contributed by atoms with E-state index in [9.17, 15) is 14.7 Å². The van der Waals surface area contributed by atoms with Gasteiger partial charge in [0.05, 0.1) is 12.1 Å². The summed E-state index contributed by atoms with van der Waals surface area (Å²) in [6.07, 6.45) is 0.477. The van der Waals surface area contributed by atoms with Crippen LogP contribution in [0.4, 0.5) is 5.69 Å². The zero-order valence-corrected chi connectivity index (χ0v) is 15.0. The first-order valence-electron chi connectivity index (χ1n) is 8.31. The number of benzene rings is 2. The molecule has 1 atom stereocenters. The molecule has 0 fully saturated rings. The fourth-order valence-corrected chi connectivity index (χ4v) is 3.38. The second-order valence-electron chi connectivity index (χ2n) is 6.44. The molecule has 3 rings (SSSR count). The van der Waals surface area contributed by atoms with E-state index in [1.807, 2.05) is 26.0 Å². The zero-order chi connectivity index (χ0) is 18.2. The third-order valence-corrected chi connectivity index (χ3v) is 4.77. The van der Waals surface area contributed by atoms with Crippen LogP contribution in [-0.4, -0.2) is 23.3 Å². The van der Waals surface area contributed by atoms with E-state index in [4.69, 9.17) is 11.6 Å². The van der Waals surface area contributed by atoms with E-state index in [2.05, 4.69) is 0 Å². The number of aryl methyl sites for hydroxylation is 1. The number of ketones is 1. The first kappa shape index (κ1) is 17.6. The summed E-state index contributed by atoms with van der Waals surface area (Å²) in [7, 11) is 0. The molecule has 5 heteroatoms. The molecule has 0 saturated heterocycles. The highest BCUT2D eigenvalue weighted by molar-refractivity contribution is 6.30. The molecule has 0 saturated carbocycles. The predicted molar refractivity (Wildman–Crippen MR) is 98.1 cm³/mol. The molecule has 1 aliphatic rings. The largest absolute Gasteiger partial charge is 0.375 e. The maximum Gasteiger partial charge on any atom is 0.264 e. The van der Waals surface area contributed by atoms with Gasteiger partial charge in [-0.05, 0) is 43.7 Å². The van der Waals surface area contributed by atoms with Crippen LogP contribution in [0.5, 0.6) is 0 Å². The van der Waals surface area contributed by atoms with E-state index in [0.29, 0.717) is 28.4 Å². The van der Waals surface area contributed by atoms with Crippen molar-refractivity contribution in [1.82, 2.24) is 0 Å². The lowest BCUT2D eigenvalue weighted by molar-refractivity contribution is -0.135. The second-order valence-corrected chi connectivity index (χ2v) is 6.88. The minimum atomic E-state index is -1.83. The van der Waals surface area contributed by atoms with Gasteiger partial charge in [-0.3, -0.25) is 9.59 Å². The highest BCUT2D eigenvalue weighted by Crippen LogP contribution is 2.43. The standard InChI is InChI=1S/C20H20ClNO3/c1-3-10-22-17-9-4-13(2)11-16(17)20(25,19(22)24)12-18(23)14-5-7-15(21)8-6-14/h4-9,11,25H,3,10,12H2,1-2H3. The number of anilines is 1. The lowest BCUT2D eigenvalue weighted by Crippen LogP contribution is -2.42. The Balaban J connectivity index is 1.99. The lowest BCUT2D eigenvalue weighted by Gasteiger charge is -2.22. The number of hydrogen-bond acceptors (Lipinski definition) is 3. The summed E-state index contributed by atoms with van der Waals surface area (Å²) in [6.45, 7) is 4.37. The molecule has 2 aromatic rings. The fourth-order valence-electron chi connectivity index (χ4n) is 3.25. The van der Waals surface area contributed by atoms with E-state index in [1.54, 1.807) is 35.2 Å². The number of carbonyl (C=O) groups is 2. The average molecular weight is 358 g/mol. The molecule has 1 amide bonds. The topological polar surface area (TPSA) is 57.6 Å². The smallest absolute Gasteiger partial charge is 0.264 e. The van der Waals surface area contributed by atoms with Crippen LogP contribution >= 0.6 is 11.6 Å². The van der Waals surface area contributed by atoms with Gasteiger partial charge >= 0.3 is 0 Å². The zero-order valence-electron chi connectivity index (χ0n) is 14.3. The minimum absolute atomic E-state index is 0.288. The van der Waals surface area contributed by atoms with Crippen molar-refractivity contribution in [3.63, 3.8) is 0 Å². The molecule has 1 aliphatic heterocycles. The number of rotatable bonds is 5. The molecule has 0 spiro atoms. The number of halogens is 1. The van der Waals surface area contributed by atoms with Gasteiger partial charge in [0.2, 0.25) is 0 Å². The summed E-state index contributed by atoms with van der Waals surface area (Å²) in [6, 6.07) is 12.0. The Labute approximate surface area is 152 Å². The van der Waals surface area contributed by atoms with Gasteiger partial charge in [0.25, 0.3) is 5.91 Å². The Bertz CT molecular complexity index is 831. The van der Waals surface area contributed by atoms with E-state index < -0.39 is 11.5 Å². The van der Waals surface area contributed by atoms with E-state index in [0.717, 1.165) is 12.0 Å². The van der Waals surface area contributed by atoms with Crippen LogP contribution in [0.3, 0.4) is 0 Å². The Morgan fingerprint density at radius 2 is 1.88 bits per heavy atom. The SMILES string of the molecule is CCCN1C(=O)C(O)(CC(=O)c2ccc(Cl)cc2)c2cc(C)ccc21. The van der Waals surface area contributed by atoms with Crippen molar-refractivity contribution in [3.8, 4) is 0 Å². The van der Waals surface area contributed by atoms with E-state index in [1.165, 1.54) is 0 Å². The molecular weight excluding hydrogens is 338 g/mol. The summed E-state index contributed by atoms with van der Waals surface area (Å²) in [5.74, 6) is -0.726. The van der Waals surface area contributed by atoms with Crippen molar-refractivity contribution in [3.05, 3.63) is 64.2 Å². The Morgan fingerprint density at radius 3 is 2.52 bits per heavy atom. The van der Waals surface area contributed by atoms with Crippen LogP contribution in [0.15, 0.2) is 42.5 Å². The molecule has 130 valence electrons. The Hall–Kier alpha value is -2.17. The number of Topliss-reactive ketones (excluding diaryl/α,β-unsaturated/α-hetero) is 1. The van der Waals surface area contributed by atoms with Gasteiger partial charge in [-0.2, -0.15) is 0 Å². The van der Waals surface area contributed by atoms with Crippen molar-refractivity contribution < 1.29 is 14.7 Å². The molecule has 25 heavy (non-hydrogen) atoms. The van der Waals surface area contributed by atoms with Crippen molar-refractivity contribution in [2.24, 2.45) is 0 Å². The van der Waals surface area contributed by atoms with Gasteiger partial charge in [0.1, 0.15) is 0 Å². The Kier molecular flexibility index (Phi) is 4.67. The number of amides is 1. The molecule has 1 unspecified atom stereocenters. The van der Waals surface area contributed by atoms with Crippen molar-refractivity contribution in [2.45, 2.75) is 32.3 Å². The van der Waals surface area contributed by atoms with Crippen LogP contribution in [0.2, 0.25) is 5.02 Å². The van der Waals surface area contributed by atoms with Gasteiger partial charge in [-0.25, -0.2) is 0 Å². The summed E-state index contributed by atoms with van der Waals surface area (Å²) < 4.78 is 0. The van der Waals surface area contributed by atoms with Gasteiger partial charge in [0.15, 0.2) is 11.4 Å². The molecule has 0 aliphatic carbocycles. The van der Waals surface area contributed by atoms with Gasteiger partial charge in [0, 0.05) is 22.7 Å².